The van der Waals surface area contributed by atoms with Crippen molar-refractivity contribution in [3.8, 4) is 5.75 Å². The van der Waals surface area contributed by atoms with Gasteiger partial charge < -0.3 is 15.4 Å². The van der Waals surface area contributed by atoms with Crippen molar-refractivity contribution >= 4 is 34.8 Å². The molecule has 0 radical (unpaired) electrons. The van der Waals surface area contributed by atoms with Crippen molar-refractivity contribution in [2.75, 3.05) is 13.1 Å². The molecule has 2 aromatic rings. The van der Waals surface area contributed by atoms with Gasteiger partial charge in [-0.3, -0.25) is 9.59 Å². The lowest BCUT2D eigenvalue weighted by atomic mass is 9.91. The van der Waals surface area contributed by atoms with Crippen molar-refractivity contribution in [2.24, 2.45) is 11.7 Å². The Morgan fingerprint density at radius 3 is 2.92 bits per heavy atom. The number of piperidine rings is 1. The van der Waals surface area contributed by atoms with Gasteiger partial charge in [-0.05, 0) is 25.1 Å². The molecule has 2 N–H and O–H groups in total. The summed E-state index contributed by atoms with van der Waals surface area (Å²) < 4.78 is 6.05. The van der Waals surface area contributed by atoms with Crippen molar-refractivity contribution in [2.45, 2.75) is 25.9 Å². The number of aromatic nitrogens is 1. The van der Waals surface area contributed by atoms with Crippen molar-refractivity contribution in [3.05, 3.63) is 45.4 Å². The van der Waals surface area contributed by atoms with Crippen LogP contribution in [0, 0.1) is 12.8 Å². The Hall–Kier alpha value is -2.12. The zero-order chi connectivity index (χ0) is 18.7. The summed E-state index contributed by atoms with van der Waals surface area (Å²) in [4.78, 5) is 30.8. The molecule has 26 heavy (non-hydrogen) atoms. The molecular formula is C18H20ClN3O3S. The Kier molecular flexibility index (Phi) is 5.78. The lowest BCUT2D eigenvalue weighted by molar-refractivity contribution is -0.120. The third-order valence-corrected chi connectivity index (χ3v) is 5.59. The summed E-state index contributed by atoms with van der Waals surface area (Å²) in [6.07, 6.45) is 0.581. The Bertz CT molecular complexity index is 810. The minimum absolute atomic E-state index is 0.0549. The molecule has 2 amide bonds. The molecule has 2 heterocycles. The van der Waals surface area contributed by atoms with Gasteiger partial charge in [0.25, 0.3) is 5.91 Å². The van der Waals surface area contributed by atoms with E-state index in [1.807, 2.05) is 19.1 Å². The van der Waals surface area contributed by atoms with Crippen molar-refractivity contribution in [1.29, 1.82) is 0 Å². The molecule has 3 rings (SSSR count). The van der Waals surface area contributed by atoms with E-state index in [-0.39, 0.29) is 24.3 Å². The number of nitrogens with zero attached hydrogens (tertiary/aromatic N) is 2. The van der Waals surface area contributed by atoms with Crippen LogP contribution in [0.15, 0.2) is 29.8 Å². The zero-order valence-corrected chi connectivity index (χ0v) is 15.9. The number of hydrogen-bond acceptors (Lipinski definition) is 5. The second kappa shape index (κ2) is 8.05. The number of carbonyl (C=O) groups is 2. The summed E-state index contributed by atoms with van der Waals surface area (Å²) in [6, 6.07) is 7.15. The van der Waals surface area contributed by atoms with Crippen molar-refractivity contribution in [3.63, 3.8) is 0 Å². The summed E-state index contributed by atoms with van der Waals surface area (Å²) in [5, 5.41) is 0.585. The number of ether oxygens (including phenoxy) is 1. The van der Waals surface area contributed by atoms with E-state index in [1.54, 1.807) is 22.5 Å². The molecule has 0 unspecified atom stereocenters. The Balaban J connectivity index is 1.73. The van der Waals surface area contributed by atoms with E-state index in [1.165, 1.54) is 11.3 Å². The Morgan fingerprint density at radius 1 is 1.46 bits per heavy atom. The lowest BCUT2D eigenvalue weighted by Gasteiger charge is -2.38. The van der Waals surface area contributed by atoms with Gasteiger partial charge in [0.2, 0.25) is 5.91 Å². The van der Waals surface area contributed by atoms with Gasteiger partial charge in [0.05, 0.1) is 11.2 Å². The SMILES string of the molecule is Cc1ncsc1C(=O)N1CC[C@H](Oc2cccc(Cl)c2)[C@@H](CC(N)=O)C1. The van der Waals surface area contributed by atoms with Crippen LogP contribution >= 0.6 is 22.9 Å². The van der Waals surface area contributed by atoms with Gasteiger partial charge in [-0.1, -0.05) is 17.7 Å². The predicted octanol–water partition coefficient (Wildman–Crippen LogP) is 2.89. The number of hydrogen-bond donors (Lipinski definition) is 1. The maximum absolute atomic E-state index is 12.7. The van der Waals surface area contributed by atoms with E-state index in [0.29, 0.717) is 35.2 Å². The molecule has 0 saturated carbocycles. The van der Waals surface area contributed by atoms with Crippen LogP contribution in [0.4, 0.5) is 0 Å². The van der Waals surface area contributed by atoms with Gasteiger partial charge in [0.15, 0.2) is 0 Å². The van der Waals surface area contributed by atoms with E-state index in [4.69, 9.17) is 22.1 Å². The maximum Gasteiger partial charge on any atom is 0.265 e. The number of primary amides is 1. The predicted molar refractivity (Wildman–Crippen MR) is 101 cm³/mol. The number of aryl methyl sites for hydroxylation is 1. The highest BCUT2D eigenvalue weighted by atomic mass is 35.5. The van der Waals surface area contributed by atoms with E-state index in [0.717, 1.165) is 5.69 Å². The summed E-state index contributed by atoms with van der Waals surface area (Å²) in [5.41, 5.74) is 7.81. The number of halogens is 1. The van der Waals surface area contributed by atoms with Crippen LogP contribution in [0.3, 0.4) is 0 Å². The fraction of sp³-hybridized carbons (Fsp3) is 0.389. The third kappa shape index (κ3) is 4.34. The minimum Gasteiger partial charge on any atom is -0.490 e. The molecule has 6 nitrogen and oxygen atoms in total. The Labute approximate surface area is 160 Å². The number of likely N-dealkylation sites (tertiary alicyclic amines) is 1. The zero-order valence-electron chi connectivity index (χ0n) is 14.4. The second-order valence-corrected chi connectivity index (χ2v) is 7.64. The van der Waals surface area contributed by atoms with Gasteiger partial charge in [-0.15, -0.1) is 11.3 Å². The Morgan fingerprint density at radius 2 is 2.27 bits per heavy atom. The standard InChI is InChI=1S/C18H20ClN3O3S/c1-11-17(26-10-21-11)18(24)22-6-5-15(12(9-22)7-16(20)23)25-14-4-2-3-13(19)8-14/h2-4,8,10,12,15H,5-7,9H2,1H3,(H2,20,23)/t12-,15-/m0/s1. The minimum atomic E-state index is -0.405. The summed E-state index contributed by atoms with van der Waals surface area (Å²) in [6.45, 7) is 2.79. The van der Waals surface area contributed by atoms with Crippen LogP contribution in [-0.4, -0.2) is 40.9 Å². The van der Waals surface area contributed by atoms with Crippen LogP contribution < -0.4 is 10.5 Å². The smallest absolute Gasteiger partial charge is 0.265 e. The molecule has 0 spiro atoms. The molecule has 0 aliphatic carbocycles. The van der Waals surface area contributed by atoms with Gasteiger partial charge >= 0.3 is 0 Å². The van der Waals surface area contributed by atoms with E-state index >= 15 is 0 Å². The summed E-state index contributed by atoms with van der Waals surface area (Å²) in [7, 11) is 0. The van der Waals surface area contributed by atoms with Crippen LogP contribution in [0.25, 0.3) is 0 Å². The number of carbonyl (C=O) groups excluding carboxylic acids is 2. The van der Waals surface area contributed by atoms with Crippen LogP contribution in [0.2, 0.25) is 5.02 Å². The molecule has 1 aromatic heterocycles. The molecule has 1 aromatic carbocycles. The van der Waals surface area contributed by atoms with Crippen LogP contribution in [0.1, 0.15) is 28.2 Å². The fourth-order valence-electron chi connectivity index (χ4n) is 3.17. The average Bonchev–Trinajstić information content (AvgIpc) is 3.01. The first-order chi connectivity index (χ1) is 12.4. The van der Waals surface area contributed by atoms with Gasteiger partial charge in [0, 0.05) is 36.9 Å². The molecule has 1 saturated heterocycles. The molecular weight excluding hydrogens is 374 g/mol. The van der Waals surface area contributed by atoms with E-state index in [9.17, 15) is 9.59 Å². The van der Waals surface area contributed by atoms with Gasteiger partial charge in [-0.25, -0.2) is 4.98 Å². The number of amides is 2. The van der Waals surface area contributed by atoms with Crippen LogP contribution in [-0.2, 0) is 4.79 Å². The molecule has 1 aliphatic heterocycles. The lowest BCUT2D eigenvalue weighted by Crippen LogP contribution is -2.49. The summed E-state index contributed by atoms with van der Waals surface area (Å²) >= 11 is 7.34. The normalized spacial score (nSPS) is 20.0. The molecule has 1 aliphatic rings. The maximum atomic E-state index is 12.7. The first-order valence-corrected chi connectivity index (χ1v) is 9.59. The molecule has 2 atom stereocenters. The molecule has 1 fully saturated rings. The largest absolute Gasteiger partial charge is 0.490 e. The van der Waals surface area contributed by atoms with Crippen molar-refractivity contribution < 1.29 is 14.3 Å². The third-order valence-electron chi connectivity index (χ3n) is 4.44. The number of nitrogens with two attached hydrogens (primary N) is 1. The number of benzene rings is 1. The van der Waals surface area contributed by atoms with Gasteiger partial charge in [-0.2, -0.15) is 0 Å². The second-order valence-electron chi connectivity index (χ2n) is 6.35. The molecule has 138 valence electrons. The highest BCUT2D eigenvalue weighted by Crippen LogP contribution is 2.28. The number of thiazole rings is 1. The van der Waals surface area contributed by atoms with Gasteiger partial charge in [0.1, 0.15) is 16.7 Å². The fourth-order valence-corrected chi connectivity index (χ4v) is 4.12. The average molecular weight is 394 g/mol. The van der Waals surface area contributed by atoms with Crippen molar-refractivity contribution in [1.82, 2.24) is 9.88 Å². The topological polar surface area (TPSA) is 85.5 Å². The summed E-state index contributed by atoms with van der Waals surface area (Å²) in [5.74, 6) is 0.0195. The van der Waals surface area contributed by atoms with Crippen LogP contribution in [0.5, 0.6) is 5.75 Å². The molecule has 8 heteroatoms. The van der Waals surface area contributed by atoms with E-state index < -0.39 is 5.91 Å². The number of rotatable bonds is 5. The first kappa shape index (κ1) is 18.7. The van der Waals surface area contributed by atoms with E-state index in [2.05, 4.69) is 4.98 Å². The molecule has 0 bridgehead atoms. The first-order valence-electron chi connectivity index (χ1n) is 8.34. The monoisotopic (exact) mass is 393 g/mol. The highest BCUT2D eigenvalue weighted by molar-refractivity contribution is 7.11. The quantitative estimate of drug-likeness (QED) is 0.846. The highest BCUT2D eigenvalue weighted by Gasteiger charge is 2.35.